The quantitative estimate of drug-likeness (QED) is 0.812. The molecule has 0 aliphatic carbocycles. The molecule has 1 aromatic rings. The highest BCUT2D eigenvalue weighted by molar-refractivity contribution is 5.20. The van der Waals surface area contributed by atoms with Crippen LogP contribution < -0.4 is 5.32 Å². The van der Waals surface area contributed by atoms with Crippen LogP contribution in [0.25, 0.3) is 0 Å². The first-order chi connectivity index (χ1) is 7.06. The molecule has 0 spiro atoms. The second-order valence-electron chi connectivity index (χ2n) is 4.36. The maximum atomic E-state index is 5.12. The van der Waals surface area contributed by atoms with E-state index < -0.39 is 0 Å². The van der Waals surface area contributed by atoms with Gasteiger partial charge in [0.15, 0.2) is 0 Å². The van der Waals surface area contributed by atoms with Gasteiger partial charge in [0, 0.05) is 18.2 Å². The molecule has 3 nitrogen and oxygen atoms in total. The van der Waals surface area contributed by atoms with Crippen LogP contribution in [0.2, 0.25) is 0 Å². The van der Waals surface area contributed by atoms with E-state index in [1.807, 2.05) is 13.8 Å². The molecule has 0 fully saturated rings. The Hall–Kier alpha value is -0.830. The molecule has 1 rings (SSSR count). The molecule has 0 amide bonds. The Balaban J connectivity index is 2.50. The van der Waals surface area contributed by atoms with Crippen LogP contribution in [0.4, 0.5) is 0 Å². The van der Waals surface area contributed by atoms with Crippen LogP contribution in [0.5, 0.6) is 0 Å². The number of nitrogens with zero attached hydrogens (tertiary/aromatic N) is 1. The average Bonchev–Trinajstić information content (AvgIpc) is 2.54. The van der Waals surface area contributed by atoms with Crippen molar-refractivity contribution >= 4 is 0 Å². The third kappa shape index (κ3) is 3.06. The zero-order valence-corrected chi connectivity index (χ0v) is 10.4. The van der Waals surface area contributed by atoms with Gasteiger partial charge in [-0.2, -0.15) is 0 Å². The van der Waals surface area contributed by atoms with Gasteiger partial charge in [-0.3, -0.25) is 0 Å². The molecule has 0 bridgehead atoms. The first-order valence-electron chi connectivity index (χ1n) is 5.71. The maximum Gasteiger partial charge on any atom is 0.138 e. The highest BCUT2D eigenvalue weighted by atomic mass is 16.5. The van der Waals surface area contributed by atoms with Gasteiger partial charge < -0.3 is 9.84 Å². The second-order valence-corrected chi connectivity index (χ2v) is 4.36. The van der Waals surface area contributed by atoms with Crippen molar-refractivity contribution in [1.82, 2.24) is 10.5 Å². The highest BCUT2D eigenvalue weighted by Gasteiger charge is 2.13. The molecule has 0 saturated carbocycles. The fourth-order valence-electron chi connectivity index (χ4n) is 1.57. The summed E-state index contributed by atoms with van der Waals surface area (Å²) in [6.45, 7) is 11.5. The summed E-state index contributed by atoms with van der Waals surface area (Å²) in [4.78, 5) is 0. The van der Waals surface area contributed by atoms with E-state index in [-0.39, 0.29) is 0 Å². The topological polar surface area (TPSA) is 38.1 Å². The molecule has 1 heterocycles. The lowest BCUT2D eigenvalue weighted by Gasteiger charge is -2.19. The van der Waals surface area contributed by atoms with E-state index in [1.165, 1.54) is 12.0 Å². The fourth-order valence-corrected chi connectivity index (χ4v) is 1.57. The standard InChI is InChI=1S/C12H22N2O/c1-6-8(2)9(3)13-7-12-10(4)14-15-11(12)5/h8-9,13H,6-7H2,1-5H3/t8-,9+/m1/s1. The number of hydrogen-bond acceptors (Lipinski definition) is 3. The molecule has 0 aromatic carbocycles. The lowest BCUT2D eigenvalue weighted by molar-refractivity contribution is 0.381. The summed E-state index contributed by atoms with van der Waals surface area (Å²) in [5, 5.41) is 7.46. The van der Waals surface area contributed by atoms with Gasteiger partial charge in [0.05, 0.1) is 5.69 Å². The third-order valence-electron chi connectivity index (χ3n) is 3.28. The molecule has 0 radical (unpaired) electrons. The fraction of sp³-hybridized carbons (Fsp3) is 0.750. The summed E-state index contributed by atoms with van der Waals surface area (Å²) >= 11 is 0. The Morgan fingerprint density at radius 3 is 2.47 bits per heavy atom. The highest BCUT2D eigenvalue weighted by Crippen LogP contribution is 2.13. The Labute approximate surface area is 92.2 Å². The monoisotopic (exact) mass is 210 g/mol. The van der Waals surface area contributed by atoms with Gasteiger partial charge in [-0.1, -0.05) is 25.4 Å². The minimum atomic E-state index is 0.531. The van der Waals surface area contributed by atoms with Crippen LogP contribution >= 0.6 is 0 Å². The van der Waals surface area contributed by atoms with Gasteiger partial charge in [0.2, 0.25) is 0 Å². The Morgan fingerprint density at radius 2 is 2.00 bits per heavy atom. The molecular formula is C12H22N2O. The Morgan fingerprint density at radius 1 is 1.33 bits per heavy atom. The first kappa shape index (κ1) is 12.2. The molecule has 1 N–H and O–H groups in total. The van der Waals surface area contributed by atoms with E-state index in [0.29, 0.717) is 12.0 Å². The lowest BCUT2D eigenvalue weighted by Crippen LogP contribution is -2.31. The van der Waals surface area contributed by atoms with Crippen LogP contribution in [-0.4, -0.2) is 11.2 Å². The van der Waals surface area contributed by atoms with Gasteiger partial charge >= 0.3 is 0 Å². The molecule has 0 aliphatic heterocycles. The van der Waals surface area contributed by atoms with E-state index in [4.69, 9.17) is 4.52 Å². The average molecular weight is 210 g/mol. The minimum absolute atomic E-state index is 0.531. The summed E-state index contributed by atoms with van der Waals surface area (Å²) < 4.78 is 5.12. The summed E-state index contributed by atoms with van der Waals surface area (Å²) in [6, 6.07) is 0.531. The van der Waals surface area contributed by atoms with Crippen molar-refractivity contribution < 1.29 is 4.52 Å². The number of nitrogens with one attached hydrogen (secondary N) is 1. The van der Waals surface area contributed by atoms with Crippen molar-refractivity contribution in [3.05, 3.63) is 17.0 Å². The van der Waals surface area contributed by atoms with Crippen LogP contribution in [0.15, 0.2) is 4.52 Å². The summed E-state index contributed by atoms with van der Waals surface area (Å²) in [5.74, 6) is 1.63. The van der Waals surface area contributed by atoms with Gasteiger partial charge in [-0.25, -0.2) is 0 Å². The van der Waals surface area contributed by atoms with Crippen molar-refractivity contribution in [3.8, 4) is 0 Å². The van der Waals surface area contributed by atoms with E-state index in [0.717, 1.165) is 18.0 Å². The number of rotatable bonds is 5. The van der Waals surface area contributed by atoms with Crippen molar-refractivity contribution in [3.63, 3.8) is 0 Å². The Bertz CT molecular complexity index is 287. The molecule has 0 aliphatic rings. The van der Waals surface area contributed by atoms with Crippen molar-refractivity contribution in [2.24, 2.45) is 5.92 Å². The van der Waals surface area contributed by atoms with Crippen molar-refractivity contribution in [2.75, 3.05) is 0 Å². The maximum absolute atomic E-state index is 5.12. The predicted molar refractivity (Wildman–Crippen MR) is 61.7 cm³/mol. The molecule has 0 saturated heterocycles. The summed E-state index contributed by atoms with van der Waals surface area (Å²) in [7, 11) is 0. The molecule has 3 heteroatoms. The van der Waals surface area contributed by atoms with Gasteiger partial charge in [0.25, 0.3) is 0 Å². The zero-order chi connectivity index (χ0) is 11.4. The normalized spacial score (nSPS) is 15.3. The van der Waals surface area contributed by atoms with Gasteiger partial charge in [0.1, 0.15) is 5.76 Å². The van der Waals surface area contributed by atoms with Crippen molar-refractivity contribution in [2.45, 2.75) is 53.6 Å². The molecule has 0 unspecified atom stereocenters. The smallest absolute Gasteiger partial charge is 0.138 e. The minimum Gasteiger partial charge on any atom is -0.361 e. The molecule has 15 heavy (non-hydrogen) atoms. The van der Waals surface area contributed by atoms with Crippen molar-refractivity contribution in [1.29, 1.82) is 0 Å². The second kappa shape index (κ2) is 5.31. The summed E-state index contributed by atoms with van der Waals surface area (Å²) in [5.41, 5.74) is 2.20. The summed E-state index contributed by atoms with van der Waals surface area (Å²) in [6.07, 6.45) is 1.20. The van der Waals surface area contributed by atoms with E-state index in [9.17, 15) is 0 Å². The third-order valence-corrected chi connectivity index (χ3v) is 3.28. The lowest BCUT2D eigenvalue weighted by atomic mass is 10.0. The molecule has 1 aromatic heterocycles. The van der Waals surface area contributed by atoms with Crippen LogP contribution in [-0.2, 0) is 6.54 Å². The molecule has 86 valence electrons. The zero-order valence-electron chi connectivity index (χ0n) is 10.4. The van der Waals surface area contributed by atoms with E-state index in [2.05, 4.69) is 31.2 Å². The van der Waals surface area contributed by atoms with Crippen LogP contribution in [0, 0.1) is 19.8 Å². The van der Waals surface area contributed by atoms with E-state index in [1.54, 1.807) is 0 Å². The predicted octanol–water partition coefficient (Wildman–Crippen LogP) is 2.82. The molecular weight excluding hydrogens is 188 g/mol. The van der Waals surface area contributed by atoms with Crippen LogP contribution in [0.1, 0.15) is 44.2 Å². The Kier molecular flexibility index (Phi) is 4.33. The SMILES string of the molecule is CC[C@@H](C)[C@H](C)NCc1c(C)noc1C. The first-order valence-corrected chi connectivity index (χ1v) is 5.71. The largest absolute Gasteiger partial charge is 0.361 e. The van der Waals surface area contributed by atoms with Gasteiger partial charge in [-0.15, -0.1) is 0 Å². The van der Waals surface area contributed by atoms with Gasteiger partial charge in [-0.05, 0) is 26.7 Å². The van der Waals surface area contributed by atoms with Crippen LogP contribution in [0.3, 0.4) is 0 Å². The molecule has 2 atom stereocenters. The number of aromatic nitrogens is 1. The van der Waals surface area contributed by atoms with E-state index >= 15 is 0 Å². The number of aryl methyl sites for hydroxylation is 2. The number of hydrogen-bond donors (Lipinski definition) is 1.